The van der Waals surface area contributed by atoms with Crippen LogP contribution in [-0.2, 0) is 23.0 Å². The van der Waals surface area contributed by atoms with Gasteiger partial charge in [0, 0.05) is 22.8 Å². The normalized spacial score (nSPS) is 11.9. The van der Waals surface area contributed by atoms with Crippen LogP contribution in [0.25, 0.3) is 0 Å². The quantitative estimate of drug-likeness (QED) is 0.606. The van der Waals surface area contributed by atoms with Crippen molar-refractivity contribution in [1.29, 1.82) is 0 Å². The highest BCUT2D eigenvalue weighted by Gasteiger charge is 2.24. The molecule has 2 heterocycles. The lowest BCUT2D eigenvalue weighted by Crippen LogP contribution is -2.32. The molecule has 0 unspecified atom stereocenters. The molecule has 2 aromatic heterocycles. The molecule has 0 radical (unpaired) electrons. The van der Waals surface area contributed by atoms with Gasteiger partial charge in [0.2, 0.25) is 10.0 Å². The van der Waals surface area contributed by atoms with Crippen molar-refractivity contribution in [2.45, 2.75) is 24.8 Å². The van der Waals surface area contributed by atoms with Crippen LogP contribution in [0.2, 0.25) is 0 Å². The first-order valence-corrected chi connectivity index (χ1v) is 10.9. The number of benzene rings is 1. The molecule has 3 aromatic rings. The third-order valence-corrected chi connectivity index (χ3v) is 7.42. The molecule has 0 bridgehead atoms. The summed E-state index contributed by atoms with van der Waals surface area (Å²) < 4.78 is 27.7. The second kappa shape index (κ2) is 7.61. The van der Waals surface area contributed by atoms with E-state index >= 15 is 0 Å². The van der Waals surface area contributed by atoms with E-state index in [9.17, 15) is 8.42 Å². The predicted molar refractivity (Wildman–Crippen MR) is 101 cm³/mol. The maximum atomic E-state index is 13.1. The van der Waals surface area contributed by atoms with Crippen molar-refractivity contribution < 1.29 is 8.42 Å². The topological polar surface area (TPSA) is 37.4 Å². The molecule has 0 spiro atoms. The minimum Gasteiger partial charge on any atom is -0.207 e. The van der Waals surface area contributed by atoms with E-state index in [0.717, 1.165) is 16.9 Å². The molecule has 3 rings (SSSR count). The van der Waals surface area contributed by atoms with Gasteiger partial charge in [-0.05, 0) is 48.4 Å². The van der Waals surface area contributed by atoms with Gasteiger partial charge in [-0.3, -0.25) is 0 Å². The van der Waals surface area contributed by atoms with Gasteiger partial charge >= 0.3 is 0 Å². The first-order chi connectivity index (χ1) is 11.6. The third-order valence-electron chi connectivity index (χ3n) is 3.76. The summed E-state index contributed by atoms with van der Waals surface area (Å²) in [5.41, 5.74) is 1.05. The minimum absolute atomic E-state index is 0.357. The average Bonchev–Trinajstić information content (AvgIpc) is 3.25. The second-order valence-electron chi connectivity index (χ2n) is 5.56. The fraction of sp³-hybridized carbons (Fsp3) is 0.222. The fourth-order valence-electron chi connectivity index (χ4n) is 2.41. The first-order valence-electron chi connectivity index (χ1n) is 7.67. The fourth-order valence-corrected chi connectivity index (χ4v) is 5.33. The summed E-state index contributed by atoms with van der Waals surface area (Å²) in [7, 11) is -3.50. The van der Waals surface area contributed by atoms with Gasteiger partial charge in [-0.2, -0.15) is 4.31 Å². The number of hydrogen-bond acceptors (Lipinski definition) is 4. The zero-order chi connectivity index (χ0) is 17.0. The van der Waals surface area contributed by atoms with Crippen molar-refractivity contribution >= 4 is 32.7 Å². The first kappa shape index (κ1) is 17.4. The number of rotatable bonds is 7. The molecule has 0 N–H and O–H groups in total. The number of sulfonamides is 1. The Kier molecular flexibility index (Phi) is 5.50. The van der Waals surface area contributed by atoms with Crippen LogP contribution in [0.1, 0.15) is 15.3 Å². The molecule has 0 saturated heterocycles. The molecular weight excluding hydrogens is 358 g/mol. The van der Waals surface area contributed by atoms with Crippen LogP contribution in [0.5, 0.6) is 0 Å². The highest BCUT2D eigenvalue weighted by atomic mass is 32.2. The van der Waals surface area contributed by atoms with Crippen LogP contribution in [0, 0.1) is 6.92 Å². The Morgan fingerprint density at radius 1 is 0.917 bits per heavy atom. The summed E-state index contributed by atoms with van der Waals surface area (Å²) in [5, 5.41) is 4.00. The van der Waals surface area contributed by atoms with Gasteiger partial charge in [-0.25, -0.2) is 8.42 Å². The van der Waals surface area contributed by atoms with Gasteiger partial charge in [0.1, 0.15) is 0 Å². The van der Waals surface area contributed by atoms with Crippen molar-refractivity contribution in [1.82, 2.24) is 4.31 Å². The maximum absolute atomic E-state index is 13.1. The number of aryl methyl sites for hydroxylation is 1. The summed E-state index contributed by atoms with van der Waals surface area (Å²) in [6.07, 6.45) is 0.730. The monoisotopic (exact) mass is 377 g/mol. The van der Waals surface area contributed by atoms with Gasteiger partial charge in [-0.1, -0.05) is 29.8 Å². The summed E-state index contributed by atoms with van der Waals surface area (Å²) >= 11 is 3.25. The zero-order valence-electron chi connectivity index (χ0n) is 13.4. The highest BCUT2D eigenvalue weighted by molar-refractivity contribution is 7.89. The van der Waals surface area contributed by atoms with Crippen molar-refractivity contribution in [3.8, 4) is 0 Å². The Labute approximate surface area is 151 Å². The molecular formula is C18H19NO2S3. The number of hydrogen-bond donors (Lipinski definition) is 0. The van der Waals surface area contributed by atoms with Crippen molar-refractivity contribution in [2.24, 2.45) is 0 Å². The molecule has 3 nitrogen and oxygen atoms in total. The average molecular weight is 378 g/mol. The van der Waals surface area contributed by atoms with Crippen molar-refractivity contribution in [3.63, 3.8) is 0 Å². The molecule has 0 aliphatic heterocycles. The minimum atomic E-state index is -3.50. The smallest absolute Gasteiger partial charge is 0.207 e. The van der Waals surface area contributed by atoms with E-state index in [1.165, 1.54) is 4.88 Å². The van der Waals surface area contributed by atoms with Crippen LogP contribution in [0.4, 0.5) is 0 Å². The Hall–Kier alpha value is -1.47. The lowest BCUT2D eigenvalue weighted by atomic mass is 10.2. The van der Waals surface area contributed by atoms with Gasteiger partial charge in [0.15, 0.2) is 0 Å². The third kappa shape index (κ3) is 4.13. The van der Waals surface area contributed by atoms with E-state index in [1.54, 1.807) is 39.1 Å². The van der Waals surface area contributed by atoms with Gasteiger partial charge in [-0.15, -0.1) is 22.7 Å². The standard InChI is InChI=1S/C18H19NO2S3/c1-15-6-8-18(9-7-15)24(20,21)19(14-17-5-3-13-23-17)11-10-16-4-2-12-22-16/h2-9,12-13H,10-11,14H2,1H3. The lowest BCUT2D eigenvalue weighted by molar-refractivity contribution is 0.413. The Morgan fingerprint density at radius 3 is 2.12 bits per heavy atom. The molecule has 1 aromatic carbocycles. The lowest BCUT2D eigenvalue weighted by Gasteiger charge is -2.21. The second-order valence-corrected chi connectivity index (χ2v) is 9.56. The molecule has 6 heteroatoms. The molecule has 24 heavy (non-hydrogen) atoms. The van der Waals surface area contributed by atoms with E-state index < -0.39 is 10.0 Å². The van der Waals surface area contributed by atoms with Crippen molar-refractivity contribution in [2.75, 3.05) is 6.54 Å². The van der Waals surface area contributed by atoms with Gasteiger partial charge in [0.25, 0.3) is 0 Å². The molecule has 0 saturated carbocycles. The molecule has 0 aliphatic rings. The maximum Gasteiger partial charge on any atom is 0.243 e. The SMILES string of the molecule is Cc1ccc(S(=O)(=O)N(CCc2cccs2)Cc2cccs2)cc1. The molecule has 0 amide bonds. The summed E-state index contributed by atoms with van der Waals surface area (Å²) in [5.74, 6) is 0. The largest absolute Gasteiger partial charge is 0.243 e. The van der Waals surface area contributed by atoms with Crippen LogP contribution >= 0.6 is 22.7 Å². The highest BCUT2D eigenvalue weighted by Crippen LogP contribution is 2.22. The number of thiophene rings is 2. The van der Waals surface area contributed by atoms with Crippen molar-refractivity contribution in [3.05, 3.63) is 74.6 Å². The van der Waals surface area contributed by atoms with E-state index in [2.05, 4.69) is 0 Å². The van der Waals surface area contributed by atoms with Crippen LogP contribution < -0.4 is 0 Å². The predicted octanol–water partition coefficient (Wildman–Crippen LogP) is 4.55. The van der Waals surface area contributed by atoms with E-state index in [-0.39, 0.29) is 0 Å². The van der Waals surface area contributed by atoms with E-state index in [0.29, 0.717) is 18.0 Å². The summed E-state index contributed by atoms with van der Waals surface area (Å²) in [6.45, 7) is 2.85. The van der Waals surface area contributed by atoms with Crippen LogP contribution in [0.3, 0.4) is 0 Å². The van der Waals surface area contributed by atoms with Gasteiger partial charge < -0.3 is 0 Å². The zero-order valence-corrected chi connectivity index (χ0v) is 15.8. The Morgan fingerprint density at radius 2 is 1.54 bits per heavy atom. The number of nitrogens with zero attached hydrogens (tertiary/aromatic N) is 1. The molecule has 126 valence electrons. The van der Waals surface area contributed by atoms with E-state index in [4.69, 9.17) is 0 Å². The van der Waals surface area contributed by atoms with Gasteiger partial charge in [0.05, 0.1) is 4.90 Å². The molecule has 0 atom stereocenters. The molecule has 0 aliphatic carbocycles. The van der Waals surface area contributed by atoms with Crippen LogP contribution in [-0.4, -0.2) is 19.3 Å². The Balaban J connectivity index is 1.85. The summed E-state index contributed by atoms with van der Waals surface area (Å²) in [4.78, 5) is 2.61. The molecule has 0 fully saturated rings. The van der Waals surface area contributed by atoms with E-state index in [1.807, 2.05) is 54.1 Å². The van der Waals surface area contributed by atoms with Crippen LogP contribution in [0.15, 0.2) is 64.2 Å². The summed E-state index contributed by atoms with van der Waals surface area (Å²) in [6, 6.07) is 15.0. The Bertz CT molecular complexity index is 852.